The molecule has 0 saturated carbocycles. The maximum absolute atomic E-state index is 5.88. The number of anilines is 1. The van der Waals surface area contributed by atoms with Crippen molar-refractivity contribution in [2.24, 2.45) is 10.7 Å². The van der Waals surface area contributed by atoms with E-state index in [1.807, 2.05) is 29.6 Å². The molecule has 2 aromatic rings. The second kappa shape index (κ2) is 7.33. The number of nitrogens with zero attached hydrogens (tertiary/aromatic N) is 1. The zero-order valence-corrected chi connectivity index (χ0v) is 14.1. The van der Waals surface area contributed by atoms with Gasteiger partial charge in [0, 0.05) is 26.5 Å². The fraction of sp³-hybridized carbons (Fsp3) is 0.214. The number of guanidine groups is 1. The molecular weight excluding hydrogens is 354 g/mol. The van der Waals surface area contributed by atoms with Crippen molar-refractivity contribution in [3.63, 3.8) is 0 Å². The van der Waals surface area contributed by atoms with E-state index in [0.29, 0.717) is 24.0 Å². The fourth-order valence-corrected chi connectivity index (χ4v) is 3.08. The van der Waals surface area contributed by atoms with Crippen LogP contribution in [0.1, 0.15) is 4.88 Å². The van der Waals surface area contributed by atoms with Crippen LogP contribution in [0.25, 0.3) is 0 Å². The number of hydrogen-bond acceptors (Lipinski definition) is 4. The normalized spacial score (nSPS) is 11.3. The molecule has 1 aromatic heterocycles. The maximum Gasteiger partial charge on any atom is 0.193 e. The molecule has 0 aliphatic carbocycles. The van der Waals surface area contributed by atoms with Gasteiger partial charge in [-0.15, -0.1) is 11.3 Å². The minimum atomic E-state index is 0.353. The van der Waals surface area contributed by atoms with E-state index in [1.54, 1.807) is 25.6 Å². The Morgan fingerprint density at radius 3 is 2.67 bits per heavy atom. The predicted octanol–water partition coefficient (Wildman–Crippen LogP) is 3.45. The van der Waals surface area contributed by atoms with E-state index in [0.717, 1.165) is 15.0 Å². The summed E-state index contributed by atoms with van der Waals surface area (Å²) in [6.07, 6.45) is 0. The number of nitrogens with one attached hydrogen (secondary N) is 1. The van der Waals surface area contributed by atoms with Crippen LogP contribution in [-0.2, 0) is 6.54 Å². The van der Waals surface area contributed by atoms with Crippen molar-refractivity contribution in [2.75, 3.05) is 19.5 Å². The highest BCUT2D eigenvalue weighted by molar-refractivity contribution is 9.10. The topological polar surface area (TPSA) is 68.9 Å². The molecule has 0 aliphatic heterocycles. The van der Waals surface area contributed by atoms with Crippen molar-refractivity contribution in [3.05, 3.63) is 39.0 Å². The maximum atomic E-state index is 5.88. The van der Waals surface area contributed by atoms with Gasteiger partial charge in [-0.2, -0.15) is 0 Å². The Labute approximate surface area is 135 Å². The summed E-state index contributed by atoms with van der Waals surface area (Å²) >= 11 is 5.05. The lowest BCUT2D eigenvalue weighted by Gasteiger charge is -2.10. The van der Waals surface area contributed by atoms with Gasteiger partial charge >= 0.3 is 0 Å². The molecule has 0 unspecified atom stereocenters. The first-order valence-corrected chi connectivity index (χ1v) is 7.81. The lowest BCUT2D eigenvalue weighted by atomic mass is 10.3. The van der Waals surface area contributed by atoms with E-state index < -0.39 is 0 Å². The smallest absolute Gasteiger partial charge is 0.193 e. The second-order valence-corrected chi connectivity index (χ2v) is 6.04. The Kier molecular flexibility index (Phi) is 5.46. The molecule has 21 heavy (non-hydrogen) atoms. The van der Waals surface area contributed by atoms with Crippen LogP contribution >= 0.6 is 27.3 Å². The molecule has 0 amide bonds. The van der Waals surface area contributed by atoms with Crippen LogP contribution in [0, 0.1) is 0 Å². The van der Waals surface area contributed by atoms with Gasteiger partial charge in [-0.1, -0.05) is 0 Å². The van der Waals surface area contributed by atoms with Gasteiger partial charge in [0.25, 0.3) is 0 Å². The molecule has 0 spiro atoms. The number of methoxy groups -OCH3 is 2. The molecule has 0 saturated heterocycles. The number of nitrogens with two attached hydrogens (primary N) is 1. The van der Waals surface area contributed by atoms with Gasteiger partial charge in [-0.25, -0.2) is 4.99 Å². The third-order valence-corrected chi connectivity index (χ3v) is 4.37. The number of benzene rings is 1. The molecule has 1 heterocycles. The highest BCUT2D eigenvalue weighted by Crippen LogP contribution is 2.29. The highest BCUT2D eigenvalue weighted by atomic mass is 79.9. The van der Waals surface area contributed by atoms with Crippen molar-refractivity contribution < 1.29 is 9.47 Å². The fourth-order valence-electron chi connectivity index (χ4n) is 1.70. The van der Waals surface area contributed by atoms with Crippen molar-refractivity contribution in [3.8, 4) is 11.5 Å². The summed E-state index contributed by atoms with van der Waals surface area (Å²) in [4.78, 5) is 5.44. The van der Waals surface area contributed by atoms with E-state index in [4.69, 9.17) is 15.2 Å². The first-order chi connectivity index (χ1) is 10.1. The number of aliphatic imine (C=N–C) groups is 1. The van der Waals surface area contributed by atoms with E-state index >= 15 is 0 Å². The Morgan fingerprint density at radius 2 is 2.05 bits per heavy atom. The first kappa shape index (κ1) is 15.7. The van der Waals surface area contributed by atoms with E-state index in [2.05, 4.69) is 26.2 Å². The number of rotatable bonds is 5. The van der Waals surface area contributed by atoms with E-state index in [-0.39, 0.29) is 0 Å². The second-order valence-electron chi connectivity index (χ2n) is 4.13. The summed E-state index contributed by atoms with van der Waals surface area (Å²) in [5, 5.41) is 5.05. The summed E-state index contributed by atoms with van der Waals surface area (Å²) in [7, 11) is 3.19. The average molecular weight is 370 g/mol. The summed E-state index contributed by atoms with van der Waals surface area (Å²) < 4.78 is 11.5. The largest absolute Gasteiger partial charge is 0.493 e. The van der Waals surface area contributed by atoms with Gasteiger partial charge in [0.15, 0.2) is 17.5 Å². The van der Waals surface area contributed by atoms with Crippen LogP contribution in [0.15, 0.2) is 39.1 Å². The molecule has 0 fully saturated rings. The van der Waals surface area contributed by atoms with Crippen molar-refractivity contribution >= 4 is 38.9 Å². The molecule has 0 atom stereocenters. The lowest BCUT2D eigenvalue weighted by Crippen LogP contribution is -2.22. The molecule has 7 heteroatoms. The van der Waals surface area contributed by atoms with Crippen LogP contribution in [0.4, 0.5) is 5.69 Å². The zero-order chi connectivity index (χ0) is 15.2. The van der Waals surface area contributed by atoms with Crippen LogP contribution in [0.5, 0.6) is 11.5 Å². The van der Waals surface area contributed by atoms with Crippen LogP contribution in [0.2, 0.25) is 0 Å². The minimum absolute atomic E-state index is 0.353. The van der Waals surface area contributed by atoms with Gasteiger partial charge in [-0.05, 0) is 34.1 Å². The van der Waals surface area contributed by atoms with Gasteiger partial charge in [-0.3, -0.25) is 0 Å². The average Bonchev–Trinajstić information content (AvgIpc) is 2.90. The lowest BCUT2D eigenvalue weighted by molar-refractivity contribution is 0.355. The minimum Gasteiger partial charge on any atom is -0.493 e. The molecule has 0 aliphatic rings. The predicted molar refractivity (Wildman–Crippen MR) is 90.5 cm³/mol. The number of hydrogen-bond donors (Lipinski definition) is 2. The monoisotopic (exact) mass is 369 g/mol. The quantitative estimate of drug-likeness (QED) is 0.625. The number of ether oxygens (including phenoxy) is 2. The molecule has 2 rings (SSSR count). The SMILES string of the molecule is COc1ccc(NC(N)=NCc2cc(Br)cs2)cc1OC. The van der Waals surface area contributed by atoms with E-state index in [1.165, 1.54) is 0 Å². The summed E-state index contributed by atoms with van der Waals surface area (Å²) in [6, 6.07) is 7.50. The molecule has 112 valence electrons. The Balaban J connectivity index is 2.03. The third-order valence-electron chi connectivity index (χ3n) is 2.68. The molecule has 3 N–H and O–H groups in total. The Hall–Kier alpha value is -1.73. The van der Waals surface area contributed by atoms with Gasteiger partial charge in [0.05, 0.1) is 20.8 Å². The van der Waals surface area contributed by atoms with Crippen molar-refractivity contribution in [2.45, 2.75) is 6.54 Å². The summed E-state index contributed by atoms with van der Waals surface area (Å²) in [5.74, 6) is 1.66. The number of thiophene rings is 1. The Morgan fingerprint density at radius 1 is 1.29 bits per heavy atom. The van der Waals surface area contributed by atoms with Crippen molar-refractivity contribution in [1.82, 2.24) is 0 Å². The van der Waals surface area contributed by atoms with Gasteiger partial charge < -0.3 is 20.5 Å². The van der Waals surface area contributed by atoms with Crippen LogP contribution < -0.4 is 20.5 Å². The standard InChI is InChI=1S/C14H16BrN3O2S/c1-19-12-4-3-10(6-13(12)20-2)18-14(16)17-7-11-5-9(15)8-21-11/h3-6,8H,7H2,1-2H3,(H3,16,17,18). The Bertz CT molecular complexity index is 643. The molecule has 1 aromatic carbocycles. The molecular formula is C14H16BrN3O2S. The van der Waals surface area contributed by atoms with Gasteiger partial charge in [0.2, 0.25) is 0 Å². The highest BCUT2D eigenvalue weighted by Gasteiger charge is 2.05. The van der Waals surface area contributed by atoms with Crippen LogP contribution in [0.3, 0.4) is 0 Å². The molecule has 0 bridgehead atoms. The molecule has 0 radical (unpaired) electrons. The zero-order valence-electron chi connectivity index (χ0n) is 11.7. The summed E-state index contributed by atoms with van der Waals surface area (Å²) in [6.45, 7) is 0.544. The summed E-state index contributed by atoms with van der Waals surface area (Å²) in [5.41, 5.74) is 6.68. The van der Waals surface area contributed by atoms with E-state index in [9.17, 15) is 0 Å². The third kappa shape index (κ3) is 4.37. The van der Waals surface area contributed by atoms with Crippen LogP contribution in [-0.4, -0.2) is 20.2 Å². The van der Waals surface area contributed by atoms with Gasteiger partial charge in [0.1, 0.15) is 0 Å². The first-order valence-electron chi connectivity index (χ1n) is 6.14. The molecule has 5 nitrogen and oxygen atoms in total. The number of halogens is 1. The van der Waals surface area contributed by atoms with Crippen molar-refractivity contribution in [1.29, 1.82) is 0 Å².